The van der Waals surface area contributed by atoms with Crippen LogP contribution in [0.5, 0.6) is 0 Å². The Bertz CT molecular complexity index is 733. The Kier molecular flexibility index (Phi) is 5.23. The van der Waals surface area contributed by atoms with Crippen LogP contribution in [0.4, 0.5) is 17.2 Å². The standard InChI is InChI=1S/C18H21N5O2/c1-13(24)21-15-4-6-16(7-5-15)22-18(25)14-3-2-10-23(12-14)17-11-19-8-9-20-17/h4-9,11,14H,2-3,10,12H2,1H3,(H,21,24)(H,22,25). The van der Waals surface area contributed by atoms with Crippen LogP contribution in [0.15, 0.2) is 42.9 Å². The van der Waals surface area contributed by atoms with Crippen molar-refractivity contribution in [1.82, 2.24) is 9.97 Å². The first-order chi connectivity index (χ1) is 12.1. The lowest BCUT2D eigenvalue weighted by Crippen LogP contribution is -2.41. The Labute approximate surface area is 146 Å². The number of rotatable bonds is 4. The molecule has 1 aliphatic rings. The van der Waals surface area contributed by atoms with Crippen molar-refractivity contribution in [2.45, 2.75) is 19.8 Å². The van der Waals surface area contributed by atoms with E-state index in [1.807, 2.05) is 0 Å². The van der Waals surface area contributed by atoms with Crippen LogP contribution in [0.3, 0.4) is 0 Å². The van der Waals surface area contributed by atoms with Crippen molar-refractivity contribution in [2.75, 3.05) is 28.6 Å². The van der Waals surface area contributed by atoms with E-state index in [4.69, 9.17) is 0 Å². The minimum Gasteiger partial charge on any atom is -0.355 e. The first kappa shape index (κ1) is 16.9. The van der Waals surface area contributed by atoms with E-state index in [1.54, 1.807) is 42.9 Å². The highest BCUT2D eigenvalue weighted by molar-refractivity contribution is 5.94. The SMILES string of the molecule is CC(=O)Nc1ccc(NC(=O)C2CCCN(c3cnccn3)C2)cc1. The van der Waals surface area contributed by atoms with Gasteiger partial charge in [0, 0.05) is 43.8 Å². The second kappa shape index (κ2) is 7.74. The predicted molar refractivity (Wildman–Crippen MR) is 96.3 cm³/mol. The molecule has 1 atom stereocenters. The molecule has 0 aliphatic carbocycles. The van der Waals surface area contributed by atoms with Crippen LogP contribution in [-0.4, -0.2) is 34.9 Å². The van der Waals surface area contributed by atoms with Crippen LogP contribution in [0.2, 0.25) is 0 Å². The number of carbonyl (C=O) groups is 2. The number of benzene rings is 1. The number of anilines is 3. The van der Waals surface area contributed by atoms with Gasteiger partial charge in [-0.15, -0.1) is 0 Å². The van der Waals surface area contributed by atoms with Gasteiger partial charge in [-0.25, -0.2) is 4.98 Å². The maximum atomic E-state index is 12.6. The van der Waals surface area contributed by atoms with Gasteiger partial charge in [-0.1, -0.05) is 0 Å². The fourth-order valence-corrected chi connectivity index (χ4v) is 2.94. The first-order valence-electron chi connectivity index (χ1n) is 8.31. The number of carbonyl (C=O) groups excluding carboxylic acids is 2. The number of nitrogens with zero attached hydrogens (tertiary/aromatic N) is 3. The van der Waals surface area contributed by atoms with Crippen LogP contribution in [-0.2, 0) is 9.59 Å². The number of aromatic nitrogens is 2. The van der Waals surface area contributed by atoms with Gasteiger partial charge >= 0.3 is 0 Å². The fraction of sp³-hybridized carbons (Fsp3) is 0.333. The van der Waals surface area contributed by atoms with Crippen LogP contribution in [0.1, 0.15) is 19.8 Å². The molecule has 0 bridgehead atoms. The summed E-state index contributed by atoms with van der Waals surface area (Å²) in [6, 6.07) is 7.10. The molecular formula is C18H21N5O2. The number of piperidine rings is 1. The number of hydrogen-bond acceptors (Lipinski definition) is 5. The molecule has 130 valence electrons. The molecule has 25 heavy (non-hydrogen) atoms. The molecule has 0 radical (unpaired) electrons. The molecule has 7 heteroatoms. The molecule has 1 aromatic heterocycles. The van der Waals surface area contributed by atoms with Gasteiger partial charge in [0.25, 0.3) is 0 Å². The molecular weight excluding hydrogens is 318 g/mol. The lowest BCUT2D eigenvalue weighted by molar-refractivity contribution is -0.120. The van der Waals surface area contributed by atoms with Crippen LogP contribution < -0.4 is 15.5 Å². The smallest absolute Gasteiger partial charge is 0.229 e. The van der Waals surface area contributed by atoms with Crippen LogP contribution in [0.25, 0.3) is 0 Å². The van der Waals surface area contributed by atoms with Gasteiger partial charge in [0.1, 0.15) is 5.82 Å². The van der Waals surface area contributed by atoms with Gasteiger partial charge in [-0.3, -0.25) is 14.6 Å². The Morgan fingerprint density at radius 3 is 2.48 bits per heavy atom. The van der Waals surface area contributed by atoms with E-state index in [-0.39, 0.29) is 17.7 Å². The zero-order chi connectivity index (χ0) is 17.6. The van der Waals surface area contributed by atoms with E-state index in [1.165, 1.54) is 6.92 Å². The molecule has 0 spiro atoms. The molecule has 2 heterocycles. The number of amides is 2. The lowest BCUT2D eigenvalue weighted by Gasteiger charge is -2.32. The normalized spacial score (nSPS) is 17.0. The van der Waals surface area contributed by atoms with E-state index in [0.29, 0.717) is 12.2 Å². The molecule has 2 N–H and O–H groups in total. The maximum absolute atomic E-state index is 12.6. The monoisotopic (exact) mass is 339 g/mol. The third kappa shape index (κ3) is 4.53. The average Bonchev–Trinajstić information content (AvgIpc) is 2.64. The molecule has 7 nitrogen and oxygen atoms in total. The molecule has 2 aromatic rings. The van der Waals surface area contributed by atoms with E-state index < -0.39 is 0 Å². The molecule has 3 rings (SSSR count). The highest BCUT2D eigenvalue weighted by atomic mass is 16.2. The average molecular weight is 339 g/mol. The van der Waals surface area contributed by atoms with Crippen molar-refractivity contribution >= 4 is 29.0 Å². The van der Waals surface area contributed by atoms with Gasteiger partial charge in [0.15, 0.2) is 0 Å². The Morgan fingerprint density at radius 2 is 1.84 bits per heavy atom. The van der Waals surface area contributed by atoms with Gasteiger partial charge in [-0.05, 0) is 37.1 Å². The topological polar surface area (TPSA) is 87.2 Å². The maximum Gasteiger partial charge on any atom is 0.229 e. The summed E-state index contributed by atoms with van der Waals surface area (Å²) in [7, 11) is 0. The lowest BCUT2D eigenvalue weighted by atomic mass is 9.97. The summed E-state index contributed by atoms with van der Waals surface area (Å²) in [6.45, 7) is 2.98. The summed E-state index contributed by atoms with van der Waals surface area (Å²) >= 11 is 0. The molecule has 1 fully saturated rings. The zero-order valence-corrected chi connectivity index (χ0v) is 14.1. The second-order valence-corrected chi connectivity index (χ2v) is 6.10. The first-order valence-corrected chi connectivity index (χ1v) is 8.31. The van der Waals surface area contributed by atoms with Gasteiger partial charge in [0.05, 0.1) is 12.1 Å². The third-order valence-corrected chi connectivity index (χ3v) is 4.14. The summed E-state index contributed by atoms with van der Waals surface area (Å²) in [5, 5.41) is 5.65. The van der Waals surface area contributed by atoms with Gasteiger partial charge < -0.3 is 15.5 Å². The van der Waals surface area contributed by atoms with E-state index in [0.717, 1.165) is 30.9 Å². The second-order valence-electron chi connectivity index (χ2n) is 6.10. The van der Waals surface area contributed by atoms with Crippen molar-refractivity contribution in [1.29, 1.82) is 0 Å². The summed E-state index contributed by atoms with van der Waals surface area (Å²) in [5.41, 5.74) is 1.42. The van der Waals surface area contributed by atoms with Crippen molar-refractivity contribution in [3.63, 3.8) is 0 Å². The van der Waals surface area contributed by atoms with Crippen molar-refractivity contribution in [3.8, 4) is 0 Å². The Hall–Kier alpha value is -2.96. The largest absolute Gasteiger partial charge is 0.355 e. The van der Waals surface area contributed by atoms with Crippen molar-refractivity contribution < 1.29 is 9.59 Å². The summed E-state index contributed by atoms with van der Waals surface area (Å²) in [4.78, 5) is 34.1. The molecule has 1 aliphatic heterocycles. The van der Waals surface area contributed by atoms with E-state index in [9.17, 15) is 9.59 Å². The third-order valence-electron chi connectivity index (χ3n) is 4.14. The van der Waals surface area contributed by atoms with Crippen molar-refractivity contribution in [3.05, 3.63) is 42.9 Å². The van der Waals surface area contributed by atoms with Crippen LogP contribution in [0, 0.1) is 5.92 Å². The molecule has 2 amide bonds. The van der Waals surface area contributed by atoms with Crippen LogP contribution >= 0.6 is 0 Å². The Balaban J connectivity index is 1.60. The molecule has 1 saturated heterocycles. The van der Waals surface area contributed by atoms with Crippen molar-refractivity contribution in [2.24, 2.45) is 5.92 Å². The number of hydrogen-bond donors (Lipinski definition) is 2. The summed E-state index contributed by atoms with van der Waals surface area (Å²) in [6.07, 6.45) is 6.82. The Morgan fingerprint density at radius 1 is 1.12 bits per heavy atom. The molecule has 0 saturated carbocycles. The molecule has 1 aromatic carbocycles. The number of nitrogens with one attached hydrogen (secondary N) is 2. The molecule has 1 unspecified atom stereocenters. The van der Waals surface area contributed by atoms with E-state index >= 15 is 0 Å². The summed E-state index contributed by atoms with van der Waals surface area (Å²) < 4.78 is 0. The minimum absolute atomic E-state index is 0.000803. The summed E-state index contributed by atoms with van der Waals surface area (Å²) in [5.74, 6) is 0.592. The van der Waals surface area contributed by atoms with Gasteiger partial charge in [0.2, 0.25) is 11.8 Å². The van der Waals surface area contributed by atoms with E-state index in [2.05, 4.69) is 25.5 Å². The quantitative estimate of drug-likeness (QED) is 0.892. The zero-order valence-electron chi connectivity index (χ0n) is 14.1. The fourth-order valence-electron chi connectivity index (χ4n) is 2.94. The highest BCUT2D eigenvalue weighted by Gasteiger charge is 2.26. The van der Waals surface area contributed by atoms with Gasteiger partial charge in [-0.2, -0.15) is 0 Å². The highest BCUT2D eigenvalue weighted by Crippen LogP contribution is 2.22. The predicted octanol–water partition coefficient (Wildman–Crippen LogP) is 2.29. The minimum atomic E-state index is -0.122.